The molecule has 17 heavy (non-hydrogen) atoms. The third-order valence-electron chi connectivity index (χ3n) is 2.78. The Morgan fingerprint density at radius 3 is 2.76 bits per heavy atom. The molecule has 0 bridgehead atoms. The largest absolute Gasteiger partial charge is 0.267 e. The Balaban J connectivity index is 2.31. The number of aromatic nitrogens is 4. The van der Waals surface area contributed by atoms with Crippen LogP contribution in [0.15, 0.2) is 36.5 Å². The lowest BCUT2D eigenvalue weighted by molar-refractivity contribution is 0.798. The Morgan fingerprint density at radius 1 is 1.12 bits per heavy atom. The predicted octanol–water partition coefficient (Wildman–Crippen LogP) is 2.34. The van der Waals surface area contributed by atoms with E-state index in [0.29, 0.717) is 0 Å². The maximum Gasteiger partial charge on any atom is 0.125 e. The normalized spacial score (nSPS) is 10.9. The van der Waals surface area contributed by atoms with Crippen molar-refractivity contribution in [2.45, 2.75) is 6.92 Å². The number of fused-ring (bicyclic) bond motifs is 1. The van der Waals surface area contributed by atoms with Gasteiger partial charge in [-0.1, -0.05) is 18.2 Å². The van der Waals surface area contributed by atoms with Gasteiger partial charge in [0.15, 0.2) is 0 Å². The summed E-state index contributed by atoms with van der Waals surface area (Å²) in [4.78, 5) is 8.53. The third kappa shape index (κ3) is 1.58. The molecule has 0 fully saturated rings. The van der Waals surface area contributed by atoms with E-state index in [1.807, 2.05) is 36.9 Å². The van der Waals surface area contributed by atoms with Crippen molar-refractivity contribution >= 4 is 10.9 Å². The van der Waals surface area contributed by atoms with Gasteiger partial charge in [-0.3, -0.25) is 4.68 Å². The minimum Gasteiger partial charge on any atom is -0.267 e. The zero-order chi connectivity index (χ0) is 11.8. The van der Waals surface area contributed by atoms with E-state index in [2.05, 4.69) is 27.2 Å². The monoisotopic (exact) mass is 224 g/mol. The SMILES string of the molecule is Cc1nccc(-c2nn(C)c3ccccc23)n1. The van der Waals surface area contributed by atoms with Crippen molar-refractivity contribution in [2.24, 2.45) is 7.05 Å². The number of para-hydroxylation sites is 1. The van der Waals surface area contributed by atoms with Gasteiger partial charge < -0.3 is 0 Å². The molecule has 3 rings (SSSR count). The highest BCUT2D eigenvalue weighted by Crippen LogP contribution is 2.25. The average molecular weight is 224 g/mol. The molecule has 3 aromatic rings. The Bertz CT molecular complexity index is 685. The molecule has 0 saturated heterocycles. The molecule has 0 aliphatic carbocycles. The lowest BCUT2D eigenvalue weighted by Crippen LogP contribution is -1.92. The molecular weight excluding hydrogens is 212 g/mol. The molecule has 0 unspecified atom stereocenters. The highest BCUT2D eigenvalue weighted by molar-refractivity contribution is 5.92. The van der Waals surface area contributed by atoms with E-state index in [9.17, 15) is 0 Å². The molecule has 2 heterocycles. The maximum absolute atomic E-state index is 4.53. The van der Waals surface area contributed by atoms with Crippen LogP contribution in [0.25, 0.3) is 22.3 Å². The lowest BCUT2D eigenvalue weighted by Gasteiger charge is -1.97. The standard InChI is InChI=1S/C13H12N4/c1-9-14-8-7-11(15-9)13-10-5-3-4-6-12(10)17(2)16-13/h3-8H,1-2H3. The van der Waals surface area contributed by atoms with Crippen LogP contribution < -0.4 is 0 Å². The van der Waals surface area contributed by atoms with Gasteiger partial charge in [-0.05, 0) is 19.1 Å². The first-order chi connectivity index (χ1) is 8.25. The van der Waals surface area contributed by atoms with Crippen LogP contribution in [0.1, 0.15) is 5.82 Å². The molecule has 0 amide bonds. The summed E-state index contributed by atoms with van der Waals surface area (Å²) in [7, 11) is 1.94. The third-order valence-corrected chi connectivity index (χ3v) is 2.78. The van der Waals surface area contributed by atoms with Crippen molar-refractivity contribution in [3.05, 3.63) is 42.4 Å². The molecule has 4 nitrogen and oxygen atoms in total. The first kappa shape index (κ1) is 9.96. The van der Waals surface area contributed by atoms with Crippen LogP contribution in [0.3, 0.4) is 0 Å². The van der Waals surface area contributed by atoms with Gasteiger partial charge in [0, 0.05) is 18.6 Å². The molecule has 0 atom stereocenters. The van der Waals surface area contributed by atoms with Gasteiger partial charge in [0.1, 0.15) is 11.5 Å². The topological polar surface area (TPSA) is 43.6 Å². The van der Waals surface area contributed by atoms with Crippen LogP contribution in [0.5, 0.6) is 0 Å². The van der Waals surface area contributed by atoms with Gasteiger partial charge in [-0.15, -0.1) is 0 Å². The second-order valence-electron chi connectivity index (χ2n) is 3.98. The van der Waals surface area contributed by atoms with Crippen molar-refractivity contribution in [3.63, 3.8) is 0 Å². The fraction of sp³-hybridized carbons (Fsp3) is 0.154. The van der Waals surface area contributed by atoms with Crippen LogP contribution in [-0.2, 0) is 7.05 Å². The summed E-state index contributed by atoms with van der Waals surface area (Å²) in [6.45, 7) is 1.88. The second kappa shape index (κ2) is 3.66. The van der Waals surface area contributed by atoms with E-state index in [0.717, 1.165) is 28.1 Å². The summed E-state index contributed by atoms with van der Waals surface area (Å²) < 4.78 is 1.88. The van der Waals surface area contributed by atoms with E-state index in [1.54, 1.807) is 6.20 Å². The summed E-state index contributed by atoms with van der Waals surface area (Å²) in [5.74, 6) is 0.761. The number of hydrogen-bond donors (Lipinski definition) is 0. The lowest BCUT2D eigenvalue weighted by atomic mass is 10.1. The van der Waals surface area contributed by atoms with Gasteiger partial charge in [0.2, 0.25) is 0 Å². The Morgan fingerprint density at radius 2 is 1.94 bits per heavy atom. The van der Waals surface area contributed by atoms with Crippen LogP contribution in [0.2, 0.25) is 0 Å². The number of hydrogen-bond acceptors (Lipinski definition) is 3. The van der Waals surface area contributed by atoms with E-state index in [1.165, 1.54) is 0 Å². The molecular formula is C13H12N4. The smallest absolute Gasteiger partial charge is 0.125 e. The summed E-state index contributed by atoms with van der Waals surface area (Å²) >= 11 is 0. The maximum atomic E-state index is 4.53. The highest BCUT2D eigenvalue weighted by atomic mass is 15.3. The average Bonchev–Trinajstić information content (AvgIpc) is 2.68. The summed E-state index contributed by atoms with van der Waals surface area (Å²) in [5.41, 5.74) is 2.89. The minimum atomic E-state index is 0.761. The van der Waals surface area contributed by atoms with Crippen LogP contribution in [0, 0.1) is 6.92 Å². The molecule has 4 heteroatoms. The second-order valence-corrected chi connectivity index (χ2v) is 3.98. The van der Waals surface area contributed by atoms with Gasteiger partial charge in [-0.25, -0.2) is 9.97 Å². The highest BCUT2D eigenvalue weighted by Gasteiger charge is 2.10. The van der Waals surface area contributed by atoms with Crippen molar-refractivity contribution in [3.8, 4) is 11.4 Å². The summed E-state index contributed by atoms with van der Waals surface area (Å²) in [5, 5.41) is 5.65. The quantitative estimate of drug-likeness (QED) is 0.637. The Hall–Kier alpha value is -2.23. The van der Waals surface area contributed by atoms with Crippen molar-refractivity contribution in [1.82, 2.24) is 19.7 Å². The first-order valence-electron chi connectivity index (χ1n) is 5.47. The minimum absolute atomic E-state index is 0.761. The molecule has 1 aromatic carbocycles. The van der Waals surface area contributed by atoms with Crippen molar-refractivity contribution < 1.29 is 0 Å². The van der Waals surface area contributed by atoms with Crippen LogP contribution in [0.4, 0.5) is 0 Å². The van der Waals surface area contributed by atoms with E-state index < -0.39 is 0 Å². The van der Waals surface area contributed by atoms with Crippen LogP contribution in [-0.4, -0.2) is 19.7 Å². The zero-order valence-electron chi connectivity index (χ0n) is 9.75. The van der Waals surface area contributed by atoms with Crippen LogP contribution >= 0.6 is 0 Å². The zero-order valence-corrected chi connectivity index (χ0v) is 9.75. The number of rotatable bonds is 1. The fourth-order valence-electron chi connectivity index (χ4n) is 1.99. The molecule has 2 aromatic heterocycles. The van der Waals surface area contributed by atoms with Gasteiger partial charge in [-0.2, -0.15) is 5.10 Å². The Labute approximate surface area is 98.9 Å². The summed E-state index contributed by atoms with van der Waals surface area (Å²) in [6, 6.07) is 10.0. The molecule has 84 valence electrons. The number of aryl methyl sites for hydroxylation is 2. The Kier molecular flexibility index (Phi) is 2.14. The molecule has 0 N–H and O–H groups in total. The number of nitrogens with zero attached hydrogens (tertiary/aromatic N) is 4. The predicted molar refractivity (Wildman–Crippen MR) is 66.5 cm³/mol. The van der Waals surface area contributed by atoms with Crippen molar-refractivity contribution in [1.29, 1.82) is 0 Å². The van der Waals surface area contributed by atoms with Gasteiger partial charge in [0.25, 0.3) is 0 Å². The van der Waals surface area contributed by atoms with E-state index in [-0.39, 0.29) is 0 Å². The fourth-order valence-corrected chi connectivity index (χ4v) is 1.99. The van der Waals surface area contributed by atoms with Gasteiger partial charge >= 0.3 is 0 Å². The molecule has 0 aliphatic rings. The van der Waals surface area contributed by atoms with E-state index >= 15 is 0 Å². The van der Waals surface area contributed by atoms with E-state index in [4.69, 9.17) is 0 Å². The molecule has 0 spiro atoms. The molecule has 0 saturated carbocycles. The molecule has 0 radical (unpaired) electrons. The van der Waals surface area contributed by atoms with Gasteiger partial charge in [0.05, 0.1) is 11.2 Å². The molecule has 0 aliphatic heterocycles. The van der Waals surface area contributed by atoms with Crippen molar-refractivity contribution in [2.75, 3.05) is 0 Å². The first-order valence-corrected chi connectivity index (χ1v) is 5.47. The number of benzene rings is 1. The summed E-state index contributed by atoms with van der Waals surface area (Å²) in [6.07, 6.45) is 1.76.